The SMILES string of the molecule is O=C(Cn1nc2nc(N3CCCC3)ccn2c1=O)Nc1ccc(F)cc1. The van der Waals surface area contributed by atoms with E-state index in [9.17, 15) is 14.0 Å². The number of anilines is 2. The van der Waals surface area contributed by atoms with Crippen molar-refractivity contribution in [2.24, 2.45) is 0 Å². The van der Waals surface area contributed by atoms with E-state index in [4.69, 9.17) is 0 Å². The molecule has 2 aromatic heterocycles. The van der Waals surface area contributed by atoms with E-state index in [-0.39, 0.29) is 18.1 Å². The van der Waals surface area contributed by atoms with E-state index in [0.717, 1.165) is 36.4 Å². The number of carbonyl (C=O) groups excluding carboxylic acids is 1. The predicted octanol–water partition coefficient (Wildman–Crippen LogP) is 1.27. The zero-order chi connectivity index (χ0) is 18.1. The summed E-state index contributed by atoms with van der Waals surface area (Å²) in [7, 11) is 0. The molecule has 0 aliphatic carbocycles. The van der Waals surface area contributed by atoms with Crippen LogP contribution in [0.1, 0.15) is 12.8 Å². The van der Waals surface area contributed by atoms with E-state index < -0.39 is 11.6 Å². The molecule has 0 spiro atoms. The van der Waals surface area contributed by atoms with E-state index in [0.29, 0.717) is 5.69 Å². The molecule has 134 valence electrons. The van der Waals surface area contributed by atoms with E-state index in [1.54, 1.807) is 12.3 Å². The molecule has 4 rings (SSSR count). The van der Waals surface area contributed by atoms with E-state index >= 15 is 0 Å². The minimum Gasteiger partial charge on any atom is -0.356 e. The fourth-order valence-electron chi connectivity index (χ4n) is 2.99. The number of hydrogen-bond acceptors (Lipinski definition) is 5. The lowest BCUT2D eigenvalue weighted by atomic mass is 10.3. The lowest BCUT2D eigenvalue weighted by Crippen LogP contribution is -2.28. The Kier molecular flexibility index (Phi) is 4.11. The van der Waals surface area contributed by atoms with Crippen LogP contribution >= 0.6 is 0 Å². The summed E-state index contributed by atoms with van der Waals surface area (Å²) in [6.45, 7) is 1.63. The molecule has 3 aromatic rings. The Balaban J connectivity index is 1.54. The van der Waals surface area contributed by atoms with Gasteiger partial charge in [-0.2, -0.15) is 4.98 Å². The normalized spacial score (nSPS) is 14.1. The number of nitrogens with one attached hydrogen (secondary N) is 1. The third kappa shape index (κ3) is 3.15. The fraction of sp³-hybridized carbons (Fsp3) is 0.294. The highest BCUT2D eigenvalue weighted by atomic mass is 19.1. The first-order chi connectivity index (χ1) is 12.6. The largest absolute Gasteiger partial charge is 0.356 e. The fourth-order valence-corrected chi connectivity index (χ4v) is 2.99. The number of amides is 1. The number of rotatable bonds is 4. The van der Waals surface area contributed by atoms with Gasteiger partial charge in [-0.05, 0) is 43.2 Å². The van der Waals surface area contributed by atoms with Gasteiger partial charge in [0.05, 0.1) is 0 Å². The predicted molar refractivity (Wildman–Crippen MR) is 93.7 cm³/mol. The standard InChI is InChI=1S/C17H17FN6O2/c18-12-3-5-13(6-4-12)19-15(25)11-24-17(26)23-10-7-14(20-16(23)21-24)22-8-1-2-9-22/h3-7,10H,1-2,8-9,11H2,(H,19,25). The summed E-state index contributed by atoms with van der Waals surface area (Å²) in [4.78, 5) is 31.1. The van der Waals surface area contributed by atoms with Gasteiger partial charge in [0.1, 0.15) is 18.2 Å². The summed E-state index contributed by atoms with van der Waals surface area (Å²) in [5.41, 5.74) is 0.0115. The van der Waals surface area contributed by atoms with Crippen molar-refractivity contribution in [1.29, 1.82) is 0 Å². The maximum absolute atomic E-state index is 12.9. The second-order valence-electron chi connectivity index (χ2n) is 6.15. The topological polar surface area (TPSA) is 84.5 Å². The van der Waals surface area contributed by atoms with Gasteiger partial charge in [-0.1, -0.05) is 0 Å². The van der Waals surface area contributed by atoms with Crippen LogP contribution in [0.4, 0.5) is 15.9 Å². The van der Waals surface area contributed by atoms with Crippen LogP contribution in [0, 0.1) is 5.82 Å². The smallest absolute Gasteiger partial charge is 0.352 e. The molecule has 1 aliphatic heterocycles. The number of carbonyl (C=O) groups is 1. The van der Waals surface area contributed by atoms with Crippen LogP contribution in [0.15, 0.2) is 41.3 Å². The summed E-state index contributed by atoms with van der Waals surface area (Å²) in [5.74, 6) is 0.221. The second-order valence-corrected chi connectivity index (χ2v) is 6.15. The molecule has 3 heterocycles. The average molecular weight is 356 g/mol. The first-order valence-electron chi connectivity index (χ1n) is 8.37. The van der Waals surface area contributed by atoms with Crippen LogP contribution in [-0.4, -0.2) is 38.2 Å². The van der Waals surface area contributed by atoms with Crippen LogP contribution in [0.2, 0.25) is 0 Å². The summed E-state index contributed by atoms with van der Waals surface area (Å²) in [6.07, 6.45) is 3.87. The van der Waals surface area contributed by atoms with Crippen LogP contribution in [-0.2, 0) is 11.3 Å². The van der Waals surface area contributed by atoms with Crippen molar-refractivity contribution in [2.45, 2.75) is 19.4 Å². The number of benzene rings is 1. The molecule has 1 N–H and O–H groups in total. The van der Waals surface area contributed by atoms with Crippen molar-refractivity contribution < 1.29 is 9.18 Å². The van der Waals surface area contributed by atoms with Gasteiger partial charge in [-0.3, -0.25) is 4.79 Å². The first kappa shape index (κ1) is 16.2. The van der Waals surface area contributed by atoms with Gasteiger partial charge in [0, 0.05) is 25.0 Å². The first-order valence-corrected chi connectivity index (χ1v) is 8.37. The van der Waals surface area contributed by atoms with Gasteiger partial charge in [0.25, 0.3) is 5.78 Å². The van der Waals surface area contributed by atoms with Gasteiger partial charge in [-0.25, -0.2) is 18.3 Å². The molecule has 0 bridgehead atoms. The van der Waals surface area contributed by atoms with Crippen molar-refractivity contribution in [1.82, 2.24) is 19.2 Å². The molecule has 1 aromatic carbocycles. The number of halogens is 1. The zero-order valence-corrected chi connectivity index (χ0v) is 13.9. The number of fused-ring (bicyclic) bond motifs is 1. The molecule has 0 atom stereocenters. The molecule has 1 aliphatic rings. The molecule has 9 heteroatoms. The highest BCUT2D eigenvalue weighted by molar-refractivity contribution is 5.90. The summed E-state index contributed by atoms with van der Waals surface area (Å²) in [5, 5.41) is 6.75. The van der Waals surface area contributed by atoms with Crippen molar-refractivity contribution in [3.05, 3.63) is 52.8 Å². The second kappa shape index (κ2) is 6.58. The maximum Gasteiger partial charge on any atom is 0.352 e. The van der Waals surface area contributed by atoms with E-state index in [1.165, 1.54) is 28.7 Å². The molecule has 26 heavy (non-hydrogen) atoms. The molecule has 8 nitrogen and oxygen atoms in total. The van der Waals surface area contributed by atoms with Gasteiger partial charge in [0.2, 0.25) is 5.91 Å². The lowest BCUT2D eigenvalue weighted by molar-refractivity contribution is -0.117. The number of aromatic nitrogens is 4. The van der Waals surface area contributed by atoms with Crippen molar-refractivity contribution in [3.63, 3.8) is 0 Å². The molecule has 1 fully saturated rings. The zero-order valence-electron chi connectivity index (χ0n) is 13.9. The van der Waals surface area contributed by atoms with Crippen LogP contribution in [0.3, 0.4) is 0 Å². The molecular formula is C17H17FN6O2. The summed E-state index contributed by atoms with van der Waals surface area (Å²) < 4.78 is 15.3. The van der Waals surface area contributed by atoms with Gasteiger partial charge in [0.15, 0.2) is 0 Å². The van der Waals surface area contributed by atoms with Crippen molar-refractivity contribution in [3.8, 4) is 0 Å². The number of nitrogens with zero attached hydrogens (tertiary/aromatic N) is 5. The Morgan fingerprint density at radius 2 is 1.88 bits per heavy atom. The Morgan fingerprint density at radius 3 is 2.62 bits per heavy atom. The molecule has 1 saturated heterocycles. The Hall–Kier alpha value is -3.23. The highest BCUT2D eigenvalue weighted by Gasteiger charge is 2.16. The monoisotopic (exact) mass is 356 g/mol. The minimum atomic E-state index is -0.435. The minimum absolute atomic E-state index is 0.251. The third-order valence-electron chi connectivity index (χ3n) is 4.29. The molecule has 1 amide bonds. The summed E-state index contributed by atoms with van der Waals surface area (Å²) in [6, 6.07) is 7.17. The molecule has 0 unspecified atom stereocenters. The lowest BCUT2D eigenvalue weighted by Gasteiger charge is -2.15. The van der Waals surface area contributed by atoms with E-state index in [2.05, 4.69) is 20.3 Å². The van der Waals surface area contributed by atoms with Gasteiger partial charge < -0.3 is 10.2 Å². The Morgan fingerprint density at radius 1 is 1.15 bits per heavy atom. The quantitative estimate of drug-likeness (QED) is 0.761. The van der Waals surface area contributed by atoms with Crippen LogP contribution in [0.5, 0.6) is 0 Å². The van der Waals surface area contributed by atoms with Crippen molar-refractivity contribution >= 4 is 23.2 Å². The van der Waals surface area contributed by atoms with Crippen LogP contribution in [0.25, 0.3) is 5.78 Å². The molecule has 0 saturated carbocycles. The molecular weight excluding hydrogens is 339 g/mol. The summed E-state index contributed by atoms with van der Waals surface area (Å²) >= 11 is 0. The highest BCUT2D eigenvalue weighted by Crippen LogP contribution is 2.17. The third-order valence-corrected chi connectivity index (χ3v) is 4.29. The maximum atomic E-state index is 12.9. The van der Waals surface area contributed by atoms with Crippen LogP contribution < -0.4 is 15.9 Å². The van der Waals surface area contributed by atoms with Crippen molar-refractivity contribution in [2.75, 3.05) is 23.3 Å². The molecule has 0 radical (unpaired) electrons. The Bertz CT molecular complexity index is 1000. The van der Waals surface area contributed by atoms with Gasteiger partial charge in [-0.15, -0.1) is 5.10 Å². The Labute approximate surface area is 147 Å². The van der Waals surface area contributed by atoms with Gasteiger partial charge >= 0.3 is 5.69 Å². The van der Waals surface area contributed by atoms with E-state index in [1.807, 2.05) is 0 Å². The number of hydrogen-bond donors (Lipinski definition) is 1. The average Bonchev–Trinajstić information content (AvgIpc) is 3.26.